The van der Waals surface area contributed by atoms with Gasteiger partial charge in [0.05, 0.1) is 11.9 Å². The number of aryl methyl sites for hydroxylation is 1. The summed E-state index contributed by atoms with van der Waals surface area (Å²) in [4.78, 5) is 16.5. The van der Waals surface area contributed by atoms with Crippen LogP contribution >= 0.6 is 11.6 Å². The summed E-state index contributed by atoms with van der Waals surface area (Å²) in [5, 5.41) is 6.80. The van der Waals surface area contributed by atoms with Crippen LogP contribution in [0.4, 0.5) is 11.5 Å². The van der Waals surface area contributed by atoms with Crippen molar-refractivity contribution < 1.29 is 4.79 Å². The Hall–Kier alpha value is -2.85. The Morgan fingerprint density at radius 2 is 1.88 bits per heavy atom. The summed E-state index contributed by atoms with van der Waals surface area (Å²) in [6.07, 6.45) is 1.70. The molecule has 0 saturated heterocycles. The maximum absolute atomic E-state index is 12.2. The van der Waals surface area contributed by atoms with Crippen molar-refractivity contribution in [2.45, 2.75) is 13.5 Å². The molecule has 1 heterocycles. The molecule has 0 aliphatic heterocycles. The summed E-state index contributed by atoms with van der Waals surface area (Å²) in [6, 6.07) is 18.8. The molecule has 0 aliphatic carbocycles. The lowest BCUT2D eigenvalue weighted by atomic mass is 10.1. The third kappa shape index (κ3) is 4.81. The van der Waals surface area contributed by atoms with Gasteiger partial charge >= 0.3 is 0 Å². The smallest absolute Gasteiger partial charge is 0.256 e. The number of nitrogens with one attached hydrogen (secondary N) is 2. The Morgan fingerprint density at radius 3 is 2.56 bits per heavy atom. The van der Waals surface area contributed by atoms with Gasteiger partial charge in [0.2, 0.25) is 0 Å². The monoisotopic (exact) mass is 351 g/mol. The van der Waals surface area contributed by atoms with Gasteiger partial charge in [-0.15, -0.1) is 0 Å². The van der Waals surface area contributed by atoms with E-state index in [1.807, 2.05) is 55.5 Å². The molecule has 0 radical (unpaired) electrons. The average Bonchev–Trinajstić information content (AvgIpc) is 2.62. The normalized spacial score (nSPS) is 10.3. The molecule has 0 bridgehead atoms. The quantitative estimate of drug-likeness (QED) is 0.686. The molecule has 3 aromatic rings. The number of amides is 1. The van der Waals surface area contributed by atoms with Crippen LogP contribution in [0.2, 0.25) is 5.02 Å². The van der Waals surface area contributed by atoms with Crippen LogP contribution in [-0.2, 0) is 6.54 Å². The van der Waals surface area contributed by atoms with E-state index in [0.29, 0.717) is 17.9 Å². The molecule has 126 valence electrons. The topological polar surface area (TPSA) is 54.0 Å². The highest BCUT2D eigenvalue weighted by molar-refractivity contribution is 6.30. The first-order valence-electron chi connectivity index (χ1n) is 7.92. The highest BCUT2D eigenvalue weighted by atomic mass is 35.5. The maximum atomic E-state index is 12.2. The van der Waals surface area contributed by atoms with Crippen molar-refractivity contribution in [3.8, 4) is 0 Å². The van der Waals surface area contributed by atoms with Crippen molar-refractivity contribution in [1.82, 2.24) is 4.98 Å². The molecule has 3 rings (SSSR count). The lowest BCUT2D eigenvalue weighted by molar-refractivity contribution is 0.102. The van der Waals surface area contributed by atoms with Gasteiger partial charge in [0, 0.05) is 17.1 Å². The number of aromatic nitrogens is 1. The summed E-state index contributed by atoms with van der Waals surface area (Å²) in [7, 11) is 0. The van der Waals surface area contributed by atoms with E-state index in [-0.39, 0.29) is 5.91 Å². The molecule has 1 amide bonds. The van der Waals surface area contributed by atoms with Gasteiger partial charge in [0.1, 0.15) is 5.82 Å². The molecule has 5 heteroatoms. The molecule has 1 aromatic heterocycles. The molecular formula is C20H18ClN3O. The lowest BCUT2D eigenvalue weighted by Crippen LogP contribution is -2.13. The summed E-state index contributed by atoms with van der Waals surface area (Å²) in [5.41, 5.74) is 3.67. The minimum atomic E-state index is -0.168. The van der Waals surface area contributed by atoms with E-state index in [1.165, 1.54) is 0 Å². The van der Waals surface area contributed by atoms with Gasteiger partial charge in [-0.05, 0) is 48.9 Å². The van der Waals surface area contributed by atoms with Crippen LogP contribution in [0, 0.1) is 6.92 Å². The number of anilines is 2. The second-order valence-corrected chi connectivity index (χ2v) is 6.17. The second kappa shape index (κ2) is 7.81. The standard InChI is InChI=1S/C20H18ClN3O/c1-14-3-2-4-16(11-14)20(25)24-19-10-9-18(13-23-19)22-12-15-5-7-17(21)8-6-15/h2-11,13,22H,12H2,1H3,(H,23,24,25). The number of pyridine rings is 1. The van der Waals surface area contributed by atoms with E-state index in [9.17, 15) is 4.79 Å². The number of benzene rings is 2. The van der Waals surface area contributed by atoms with Crippen LogP contribution in [0.15, 0.2) is 66.9 Å². The van der Waals surface area contributed by atoms with Crippen LogP contribution < -0.4 is 10.6 Å². The third-order valence-electron chi connectivity index (χ3n) is 3.70. The number of nitrogens with zero attached hydrogens (tertiary/aromatic N) is 1. The number of carbonyl (C=O) groups excluding carboxylic acids is 1. The Balaban J connectivity index is 1.58. The van der Waals surface area contributed by atoms with Crippen LogP contribution in [0.1, 0.15) is 21.5 Å². The zero-order chi connectivity index (χ0) is 17.6. The first kappa shape index (κ1) is 17.0. The van der Waals surface area contributed by atoms with Crippen molar-refractivity contribution in [1.29, 1.82) is 0 Å². The minimum absolute atomic E-state index is 0.168. The lowest BCUT2D eigenvalue weighted by Gasteiger charge is -2.08. The molecule has 25 heavy (non-hydrogen) atoms. The Bertz CT molecular complexity index is 861. The maximum Gasteiger partial charge on any atom is 0.256 e. The third-order valence-corrected chi connectivity index (χ3v) is 3.95. The minimum Gasteiger partial charge on any atom is -0.380 e. The Kier molecular flexibility index (Phi) is 5.31. The molecule has 0 aliphatic rings. The van der Waals surface area contributed by atoms with Crippen molar-refractivity contribution >= 4 is 29.0 Å². The van der Waals surface area contributed by atoms with Crippen LogP contribution in [0.3, 0.4) is 0 Å². The fourth-order valence-electron chi connectivity index (χ4n) is 2.35. The molecule has 2 aromatic carbocycles. The number of carbonyl (C=O) groups is 1. The molecule has 0 saturated carbocycles. The Labute approximate surface area is 151 Å². The van der Waals surface area contributed by atoms with E-state index in [4.69, 9.17) is 11.6 Å². The summed E-state index contributed by atoms with van der Waals surface area (Å²) < 4.78 is 0. The van der Waals surface area contributed by atoms with Gasteiger partial charge in [0.25, 0.3) is 5.91 Å². The van der Waals surface area contributed by atoms with Crippen molar-refractivity contribution in [2.24, 2.45) is 0 Å². The van der Waals surface area contributed by atoms with Crippen LogP contribution in [0.5, 0.6) is 0 Å². The number of hydrogen-bond acceptors (Lipinski definition) is 3. The predicted octanol–water partition coefficient (Wildman–Crippen LogP) is 4.91. The zero-order valence-corrected chi connectivity index (χ0v) is 14.5. The van der Waals surface area contributed by atoms with Gasteiger partial charge in [-0.2, -0.15) is 0 Å². The first-order chi connectivity index (χ1) is 12.1. The van der Waals surface area contributed by atoms with Gasteiger partial charge in [-0.1, -0.05) is 41.4 Å². The molecule has 2 N–H and O–H groups in total. The zero-order valence-electron chi connectivity index (χ0n) is 13.8. The molecular weight excluding hydrogens is 334 g/mol. The van der Waals surface area contributed by atoms with Crippen molar-refractivity contribution in [3.05, 3.63) is 88.6 Å². The van der Waals surface area contributed by atoms with Crippen LogP contribution in [-0.4, -0.2) is 10.9 Å². The fourth-order valence-corrected chi connectivity index (χ4v) is 2.48. The fraction of sp³-hybridized carbons (Fsp3) is 0.100. The molecule has 4 nitrogen and oxygen atoms in total. The second-order valence-electron chi connectivity index (χ2n) is 5.74. The van der Waals surface area contributed by atoms with E-state index in [2.05, 4.69) is 15.6 Å². The van der Waals surface area contributed by atoms with Crippen LogP contribution in [0.25, 0.3) is 0 Å². The van der Waals surface area contributed by atoms with Crippen molar-refractivity contribution in [2.75, 3.05) is 10.6 Å². The van der Waals surface area contributed by atoms with Crippen molar-refractivity contribution in [3.63, 3.8) is 0 Å². The number of halogens is 1. The van der Waals surface area contributed by atoms with Gasteiger partial charge in [-0.3, -0.25) is 4.79 Å². The summed E-state index contributed by atoms with van der Waals surface area (Å²) in [6.45, 7) is 2.63. The highest BCUT2D eigenvalue weighted by Gasteiger charge is 2.06. The van der Waals surface area contributed by atoms with Gasteiger partial charge in [0.15, 0.2) is 0 Å². The summed E-state index contributed by atoms with van der Waals surface area (Å²) in [5.74, 6) is 0.349. The predicted molar refractivity (Wildman–Crippen MR) is 102 cm³/mol. The van der Waals surface area contributed by atoms with E-state index < -0.39 is 0 Å². The average molecular weight is 352 g/mol. The molecule has 0 fully saturated rings. The SMILES string of the molecule is Cc1cccc(C(=O)Nc2ccc(NCc3ccc(Cl)cc3)cn2)c1. The number of rotatable bonds is 5. The number of hydrogen-bond donors (Lipinski definition) is 2. The Morgan fingerprint density at radius 1 is 1.08 bits per heavy atom. The summed E-state index contributed by atoms with van der Waals surface area (Å²) >= 11 is 5.88. The highest BCUT2D eigenvalue weighted by Crippen LogP contribution is 2.14. The van der Waals surface area contributed by atoms with E-state index >= 15 is 0 Å². The molecule has 0 spiro atoms. The molecule has 0 atom stereocenters. The first-order valence-corrected chi connectivity index (χ1v) is 8.30. The van der Waals surface area contributed by atoms with Gasteiger partial charge in [-0.25, -0.2) is 4.98 Å². The van der Waals surface area contributed by atoms with E-state index in [1.54, 1.807) is 18.3 Å². The largest absolute Gasteiger partial charge is 0.380 e. The van der Waals surface area contributed by atoms with Gasteiger partial charge < -0.3 is 10.6 Å². The molecule has 0 unspecified atom stereocenters. The van der Waals surface area contributed by atoms with E-state index in [0.717, 1.165) is 21.8 Å².